The molecule has 0 fully saturated rings. The van der Waals surface area contributed by atoms with E-state index >= 15 is 0 Å². The second-order valence-electron chi connectivity index (χ2n) is 5.97. The van der Waals surface area contributed by atoms with Gasteiger partial charge in [0, 0.05) is 17.1 Å². The topological polar surface area (TPSA) is 62.5 Å². The fourth-order valence-electron chi connectivity index (χ4n) is 2.78. The first-order valence-electron chi connectivity index (χ1n) is 8.26. The van der Waals surface area contributed by atoms with Crippen molar-refractivity contribution in [3.8, 4) is 11.3 Å². The first kappa shape index (κ1) is 16.6. The lowest BCUT2D eigenvalue weighted by Crippen LogP contribution is -2.04. The van der Waals surface area contributed by atoms with Crippen LogP contribution in [0, 0.1) is 0 Å². The van der Waals surface area contributed by atoms with Gasteiger partial charge in [0.15, 0.2) is 5.65 Å². The molecular formula is C20H17ClN4O. The molecule has 2 heterocycles. The van der Waals surface area contributed by atoms with Gasteiger partial charge in [-0.2, -0.15) is 0 Å². The summed E-state index contributed by atoms with van der Waals surface area (Å²) in [6, 6.07) is 19.3. The largest absolute Gasteiger partial charge is 0.392 e. The molecule has 2 aromatic heterocycles. The van der Waals surface area contributed by atoms with Crippen LogP contribution in [0.1, 0.15) is 11.1 Å². The maximum Gasteiger partial charge on any atom is 0.154 e. The lowest BCUT2D eigenvalue weighted by molar-refractivity contribution is 0.282. The molecule has 4 rings (SSSR count). The van der Waals surface area contributed by atoms with E-state index in [-0.39, 0.29) is 6.61 Å². The number of aliphatic hydroxyl groups is 1. The summed E-state index contributed by atoms with van der Waals surface area (Å²) in [4.78, 5) is 4.41. The summed E-state index contributed by atoms with van der Waals surface area (Å²) in [5, 5.41) is 17.9. The minimum Gasteiger partial charge on any atom is -0.392 e. The smallest absolute Gasteiger partial charge is 0.154 e. The third-order valence-electron chi connectivity index (χ3n) is 4.16. The molecule has 0 spiro atoms. The van der Waals surface area contributed by atoms with Crippen LogP contribution in [0.2, 0.25) is 5.02 Å². The van der Waals surface area contributed by atoms with Gasteiger partial charge in [0.2, 0.25) is 0 Å². The monoisotopic (exact) mass is 364 g/mol. The van der Waals surface area contributed by atoms with Gasteiger partial charge in [-0.1, -0.05) is 48.0 Å². The van der Waals surface area contributed by atoms with E-state index in [1.807, 2.05) is 65.2 Å². The molecule has 2 N–H and O–H groups in total. The molecular weight excluding hydrogens is 348 g/mol. The number of halogens is 1. The highest BCUT2D eigenvalue weighted by Gasteiger charge is 2.08. The number of benzene rings is 2. The van der Waals surface area contributed by atoms with Crippen LogP contribution in [0.25, 0.3) is 16.9 Å². The molecule has 0 atom stereocenters. The SMILES string of the molecule is OCc1ccc(-c2cnc3ccc(NCc4cccc(Cl)c4)nn23)cc1. The van der Waals surface area contributed by atoms with Gasteiger partial charge in [0.1, 0.15) is 5.82 Å². The second kappa shape index (κ2) is 7.15. The number of aliphatic hydroxyl groups excluding tert-OH is 1. The fourth-order valence-corrected chi connectivity index (χ4v) is 3.00. The van der Waals surface area contributed by atoms with Crippen LogP contribution in [-0.2, 0) is 13.2 Å². The second-order valence-corrected chi connectivity index (χ2v) is 6.41. The Morgan fingerprint density at radius 3 is 2.62 bits per heavy atom. The molecule has 5 nitrogen and oxygen atoms in total. The highest BCUT2D eigenvalue weighted by Crippen LogP contribution is 2.22. The number of nitrogens with one attached hydrogen (secondary N) is 1. The van der Waals surface area contributed by atoms with Crippen LogP contribution in [0.4, 0.5) is 5.82 Å². The highest BCUT2D eigenvalue weighted by atomic mass is 35.5. The number of aromatic nitrogens is 3. The molecule has 0 saturated carbocycles. The lowest BCUT2D eigenvalue weighted by atomic mass is 10.1. The lowest BCUT2D eigenvalue weighted by Gasteiger charge is -2.08. The van der Waals surface area contributed by atoms with E-state index in [4.69, 9.17) is 11.6 Å². The van der Waals surface area contributed by atoms with Crippen molar-refractivity contribution < 1.29 is 5.11 Å². The molecule has 130 valence electrons. The first-order chi connectivity index (χ1) is 12.7. The summed E-state index contributed by atoms with van der Waals surface area (Å²) >= 11 is 6.03. The van der Waals surface area contributed by atoms with Gasteiger partial charge < -0.3 is 10.4 Å². The van der Waals surface area contributed by atoms with E-state index < -0.39 is 0 Å². The molecule has 2 aromatic carbocycles. The van der Waals surface area contributed by atoms with Crippen molar-refractivity contribution in [3.63, 3.8) is 0 Å². The third-order valence-corrected chi connectivity index (χ3v) is 4.39. The summed E-state index contributed by atoms with van der Waals surface area (Å²) in [6.45, 7) is 0.664. The number of anilines is 1. The van der Waals surface area contributed by atoms with Crippen LogP contribution in [0.15, 0.2) is 66.9 Å². The van der Waals surface area contributed by atoms with Crippen LogP contribution < -0.4 is 5.32 Å². The maximum absolute atomic E-state index is 9.19. The zero-order chi connectivity index (χ0) is 17.9. The van der Waals surface area contributed by atoms with Gasteiger partial charge in [-0.05, 0) is 35.4 Å². The summed E-state index contributed by atoms with van der Waals surface area (Å²) in [7, 11) is 0. The number of nitrogens with zero attached hydrogens (tertiary/aromatic N) is 3. The summed E-state index contributed by atoms with van der Waals surface area (Å²) in [6.07, 6.45) is 1.80. The van der Waals surface area contributed by atoms with E-state index in [9.17, 15) is 5.11 Å². The average Bonchev–Trinajstić information content (AvgIpc) is 3.10. The third kappa shape index (κ3) is 3.40. The number of fused-ring (bicyclic) bond motifs is 1. The van der Waals surface area contributed by atoms with Crippen molar-refractivity contribution >= 4 is 23.1 Å². The van der Waals surface area contributed by atoms with E-state index in [0.717, 1.165) is 38.9 Å². The first-order valence-corrected chi connectivity index (χ1v) is 8.64. The van der Waals surface area contributed by atoms with Crippen molar-refractivity contribution in [1.82, 2.24) is 14.6 Å². The van der Waals surface area contributed by atoms with Crippen molar-refractivity contribution in [3.05, 3.63) is 83.0 Å². The van der Waals surface area contributed by atoms with Crippen molar-refractivity contribution in [2.75, 3.05) is 5.32 Å². The van der Waals surface area contributed by atoms with Crippen LogP contribution in [0.5, 0.6) is 0 Å². The van der Waals surface area contributed by atoms with E-state index in [2.05, 4.69) is 15.4 Å². The van der Waals surface area contributed by atoms with Gasteiger partial charge in [-0.3, -0.25) is 0 Å². The zero-order valence-corrected chi connectivity index (χ0v) is 14.7. The molecule has 0 amide bonds. The Balaban J connectivity index is 1.61. The Morgan fingerprint density at radius 2 is 1.85 bits per heavy atom. The number of imidazole rings is 1. The Morgan fingerprint density at radius 1 is 1.00 bits per heavy atom. The Bertz CT molecular complexity index is 1040. The molecule has 0 aliphatic carbocycles. The molecule has 0 bridgehead atoms. The molecule has 0 aliphatic heterocycles. The van der Waals surface area contributed by atoms with Crippen molar-refractivity contribution in [2.45, 2.75) is 13.2 Å². The predicted octanol–water partition coefficient (Wildman–Crippen LogP) is 4.15. The van der Waals surface area contributed by atoms with Gasteiger partial charge in [-0.25, -0.2) is 9.50 Å². The van der Waals surface area contributed by atoms with Gasteiger partial charge >= 0.3 is 0 Å². The highest BCUT2D eigenvalue weighted by molar-refractivity contribution is 6.30. The average molecular weight is 365 g/mol. The Kier molecular flexibility index (Phi) is 4.56. The molecule has 4 aromatic rings. The van der Waals surface area contributed by atoms with Crippen LogP contribution in [-0.4, -0.2) is 19.7 Å². The standard InChI is InChI=1S/C20H17ClN4O/c21-17-3-1-2-15(10-17)11-22-19-8-9-20-23-12-18(25(20)24-19)16-6-4-14(13-26)5-7-16/h1-10,12,26H,11,13H2,(H,22,24). The molecule has 26 heavy (non-hydrogen) atoms. The van der Waals surface area contributed by atoms with E-state index in [1.54, 1.807) is 6.20 Å². The summed E-state index contributed by atoms with van der Waals surface area (Å²) in [5.74, 6) is 0.753. The predicted molar refractivity (Wildman–Crippen MR) is 103 cm³/mol. The van der Waals surface area contributed by atoms with Gasteiger partial charge in [-0.15, -0.1) is 5.10 Å². The molecule has 6 heteroatoms. The molecule has 0 aliphatic rings. The fraction of sp³-hybridized carbons (Fsp3) is 0.100. The normalized spacial score (nSPS) is 11.0. The van der Waals surface area contributed by atoms with Crippen LogP contribution in [0.3, 0.4) is 0 Å². The quantitative estimate of drug-likeness (QED) is 0.558. The van der Waals surface area contributed by atoms with E-state index in [1.165, 1.54) is 0 Å². The van der Waals surface area contributed by atoms with Gasteiger partial charge in [0.05, 0.1) is 18.5 Å². The Labute approximate surface area is 155 Å². The zero-order valence-electron chi connectivity index (χ0n) is 13.9. The van der Waals surface area contributed by atoms with Crippen LogP contribution >= 0.6 is 11.6 Å². The molecule has 0 unspecified atom stereocenters. The summed E-state index contributed by atoms with van der Waals surface area (Å²) < 4.78 is 1.81. The summed E-state index contributed by atoms with van der Waals surface area (Å²) in [5.41, 5.74) is 4.63. The number of hydrogen-bond acceptors (Lipinski definition) is 4. The molecule has 0 radical (unpaired) electrons. The number of hydrogen-bond donors (Lipinski definition) is 2. The minimum absolute atomic E-state index is 0.0310. The maximum atomic E-state index is 9.19. The molecule has 0 saturated heterocycles. The van der Waals surface area contributed by atoms with E-state index in [0.29, 0.717) is 6.54 Å². The van der Waals surface area contributed by atoms with Crippen molar-refractivity contribution in [2.24, 2.45) is 0 Å². The van der Waals surface area contributed by atoms with Gasteiger partial charge in [0.25, 0.3) is 0 Å². The number of rotatable bonds is 5. The van der Waals surface area contributed by atoms with Crippen molar-refractivity contribution in [1.29, 1.82) is 0 Å². The Hall–Kier alpha value is -2.89. The minimum atomic E-state index is 0.0310.